The van der Waals surface area contributed by atoms with Crippen LogP contribution in [0.25, 0.3) is 10.9 Å². The number of aromatic nitrogens is 2. The van der Waals surface area contributed by atoms with E-state index in [0.717, 1.165) is 10.2 Å². The Bertz CT molecular complexity index is 1060. The van der Waals surface area contributed by atoms with E-state index >= 15 is 0 Å². The largest absolute Gasteiger partial charge is 0.280 e. The highest BCUT2D eigenvalue weighted by molar-refractivity contribution is 5.84. The van der Waals surface area contributed by atoms with Crippen LogP contribution in [0.4, 0.5) is 8.78 Å². The van der Waals surface area contributed by atoms with Crippen molar-refractivity contribution in [2.45, 2.75) is 33.1 Å². The molecule has 0 unspecified atom stereocenters. The quantitative estimate of drug-likeness (QED) is 0.706. The van der Waals surface area contributed by atoms with E-state index in [1.807, 2.05) is 13.8 Å². The molecule has 3 aromatic rings. The van der Waals surface area contributed by atoms with Crippen molar-refractivity contribution < 1.29 is 13.6 Å². The minimum atomic E-state index is -0.476. The minimum Gasteiger partial charge on any atom is -0.273 e. The van der Waals surface area contributed by atoms with Gasteiger partial charge in [-0.05, 0) is 42.2 Å². The van der Waals surface area contributed by atoms with Gasteiger partial charge in [-0.2, -0.15) is 0 Å². The lowest BCUT2D eigenvalue weighted by Gasteiger charge is -2.15. The van der Waals surface area contributed by atoms with Crippen LogP contribution in [0.5, 0.6) is 0 Å². The molecule has 0 radical (unpaired) electrons. The van der Waals surface area contributed by atoms with Gasteiger partial charge in [0.1, 0.15) is 17.5 Å². The molecule has 0 aliphatic carbocycles. The zero-order chi connectivity index (χ0) is 20.3. The molecular weight excluding hydrogens is 364 g/mol. The topological polar surface area (TPSA) is 64.0 Å². The highest BCUT2D eigenvalue weighted by atomic mass is 19.1. The number of hydrogen-bond donors (Lipinski definition) is 1. The number of nitrogens with zero attached hydrogens (tertiary/aromatic N) is 2. The Morgan fingerprint density at radius 2 is 1.79 bits per heavy atom. The SMILES string of the molecule is CC(C)Cc1nc2cc(F)ccc2c(=O)n1NC(=O)CCc1ccc(F)cc1. The molecule has 3 rings (SSSR count). The predicted molar refractivity (Wildman–Crippen MR) is 104 cm³/mol. The Labute approximate surface area is 161 Å². The zero-order valence-corrected chi connectivity index (χ0v) is 15.7. The average Bonchev–Trinajstić information content (AvgIpc) is 2.64. The van der Waals surface area contributed by atoms with Gasteiger partial charge in [0.2, 0.25) is 5.91 Å². The molecule has 1 amide bonds. The van der Waals surface area contributed by atoms with Gasteiger partial charge in [0.05, 0.1) is 10.9 Å². The van der Waals surface area contributed by atoms with Crippen LogP contribution in [0.2, 0.25) is 0 Å². The maximum Gasteiger partial charge on any atom is 0.280 e. The molecule has 0 saturated carbocycles. The molecule has 5 nitrogen and oxygen atoms in total. The molecule has 1 N–H and O–H groups in total. The molecular formula is C21H21F2N3O2. The number of nitrogens with one attached hydrogen (secondary N) is 1. The number of fused-ring (bicyclic) bond motifs is 1. The number of rotatable bonds is 6. The molecule has 28 heavy (non-hydrogen) atoms. The van der Waals surface area contributed by atoms with Gasteiger partial charge >= 0.3 is 0 Å². The van der Waals surface area contributed by atoms with Gasteiger partial charge in [-0.25, -0.2) is 18.4 Å². The Morgan fingerprint density at radius 1 is 1.11 bits per heavy atom. The maximum absolute atomic E-state index is 13.5. The second kappa shape index (κ2) is 8.29. The third kappa shape index (κ3) is 4.60. The van der Waals surface area contributed by atoms with Crippen LogP contribution in [0, 0.1) is 17.6 Å². The van der Waals surface area contributed by atoms with Gasteiger partial charge in [-0.15, -0.1) is 0 Å². The number of halogens is 2. The van der Waals surface area contributed by atoms with Crippen LogP contribution in [-0.2, 0) is 17.6 Å². The number of amides is 1. The molecule has 146 valence electrons. The average molecular weight is 385 g/mol. The van der Waals surface area contributed by atoms with E-state index in [2.05, 4.69) is 10.4 Å². The fourth-order valence-corrected chi connectivity index (χ4v) is 2.91. The molecule has 0 bridgehead atoms. The lowest BCUT2D eigenvalue weighted by molar-refractivity contribution is -0.117. The summed E-state index contributed by atoms with van der Waals surface area (Å²) in [5.74, 6) is -0.624. The lowest BCUT2D eigenvalue weighted by atomic mass is 10.1. The first-order valence-corrected chi connectivity index (χ1v) is 9.09. The molecule has 1 heterocycles. The van der Waals surface area contributed by atoms with Gasteiger partial charge in [-0.3, -0.25) is 15.0 Å². The fraction of sp³-hybridized carbons (Fsp3) is 0.286. The minimum absolute atomic E-state index is 0.126. The third-order valence-electron chi connectivity index (χ3n) is 4.28. The number of carbonyl (C=O) groups excluding carboxylic acids is 1. The van der Waals surface area contributed by atoms with E-state index in [4.69, 9.17) is 0 Å². The van der Waals surface area contributed by atoms with Crippen molar-refractivity contribution in [2.24, 2.45) is 5.92 Å². The summed E-state index contributed by atoms with van der Waals surface area (Å²) < 4.78 is 27.6. The summed E-state index contributed by atoms with van der Waals surface area (Å²) in [5, 5.41) is 0.229. The Hall–Kier alpha value is -3.09. The lowest BCUT2D eigenvalue weighted by Crippen LogP contribution is -2.37. The fourth-order valence-electron chi connectivity index (χ4n) is 2.91. The monoisotopic (exact) mass is 385 g/mol. The molecule has 1 aromatic heterocycles. The van der Waals surface area contributed by atoms with E-state index in [0.29, 0.717) is 18.7 Å². The summed E-state index contributed by atoms with van der Waals surface area (Å²) >= 11 is 0. The highest BCUT2D eigenvalue weighted by Crippen LogP contribution is 2.13. The highest BCUT2D eigenvalue weighted by Gasteiger charge is 2.15. The molecule has 7 heteroatoms. The summed E-state index contributed by atoms with van der Waals surface area (Å²) in [4.78, 5) is 29.6. The van der Waals surface area contributed by atoms with E-state index in [1.165, 1.54) is 30.3 Å². The molecule has 0 aliphatic rings. The first-order valence-electron chi connectivity index (χ1n) is 9.09. The smallest absolute Gasteiger partial charge is 0.273 e. The van der Waals surface area contributed by atoms with Crippen molar-refractivity contribution in [3.63, 3.8) is 0 Å². The van der Waals surface area contributed by atoms with Crippen molar-refractivity contribution in [2.75, 3.05) is 5.43 Å². The van der Waals surface area contributed by atoms with Crippen LogP contribution in [0.3, 0.4) is 0 Å². The van der Waals surface area contributed by atoms with Gasteiger partial charge in [0.25, 0.3) is 5.56 Å². The predicted octanol–water partition coefficient (Wildman–Crippen LogP) is 3.58. The van der Waals surface area contributed by atoms with Crippen LogP contribution >= 0.6 is 0 Å². The summed E-state index contributed by atoms with van der Waals surface area (Å²) in [6.45, 7) is 3.92. The van der Waals surface area contributed by atoms with E-state index in [9.17, 15) is 18.4 Å². The van der Waals surface area contributed by atoms with Crippen LogP contribution < -0.4 is 11.0 Å². The van der Waals surface area contributed by atoms with Crippen molar-refractivity contribution in [1.82, 2.24) is 9.66 Å². The van der Waals surface area contributed by atoms with E-state index < -0.39 is 11.4 Å². The van der Waals surface area contributed by atoms with Gasteiger partial charge < -0.3 is 0 Å². The third-order valence-corrected chi connectivity index (χ3v) is 4.28. The van der Waals surface area contributed by atoms with Gasteiger partial charge in [-0.1, -0.05) is 26.0 Å². The van der Waals surface area contributed by atoms with E-state index in [1.54, 1.807) is 12.1 Å². The zero-order valence-electron chi connectivity index (χ0n) is 15.7. The van der Waals surface area contributed by atoms with E-state index in [-0.39, 0.29) is 35.0 Å². The van der Waals surface area contributed by atoms with Gasteiger partial charge in [0.15, 0.2) is 0 Å². The molecule has 0 atom stereocenters. The Morgan fingerprint density at radius 3 is 2.46 bits per heavy atom. The normalized spacial score (nSPS) is 11.2. The number of aryl methyl sites for hydroxylation is 1. The molecule has 0 saturated heterocycles. The summed E-state index contributed by atoms with van der Waals surface area (Å²) in [6.07, 6.45) is 0.979. The second-order valence-corrected chi connectivity index (χ2v) is 7.09. The van der Waals surface area contributed by atoms with Crippen molar-refractivity contribution in [3.05, 3.63) is 75.8 Å². The molecule has 2 aromatic carbocycles. The van der Waals surface area contributed by atoms with Crippen LogP contribution in [-0.4, -0.2) is 15.6 Å². The standard InChI is InChI=1S/C21H21F2N3O2/c1-13(2)11-19-24-18-12-16(23)8-9-17(18)21(28)26(19)25-20(27)10-5-14-3-6-15(22)7-4-14/h3-4,6-9,12-13H,5,10-11H2,1-2H3,(H,25,27). The number of benzene rings is 2. The second-order valence-electron chi connectivity index (χ2n) is 7.09. The van der Waals surface area contributed by atoms with Gasteiger partial charge in [0, 0.05) is 18.9 Å². The van der Waals surface area contributed by atoms with Crippen molar-refractivity contribution >= 4 is 16.8 Å². The first-order chi connectivity index (χ1) is 13.3. The Balaban J connectivity index is 1.86. The molecule has 0 fully saturated rings. The Kier molecular flexibility index (Phi) is 5.82. The maximum atomic E-state index is 13.5. The summed E-state index contributed by atoms with van der Waals surface area (Å²) in [5.41, 5.74) is 3.24. The summed E-state index contributed by atoms with van der Waals surface area (Å²) in [7, 11) is 0. The molecule has 0 aliphatic heterocycles. The molecule has 0 spiro atoms. The van der Waals surface area contributed by atoms with Crippen LogP contribution in [0.1, 0.15) is 31.7 Å². The first kappa shape index (κ1) is 19.7. The van der Waals surface area contributed by atoms with Crippen molar-refractivity contribution in [3.8, 4) is 0 Å². The number of carbonyl (C=O) groups is 1. The van der Waals surface area contributed by atoms with Crippen molar-refractivity contribution in [1.29, 1.82) is 0 Å². The van der Waals surface area contributed by atoms with Crippen LogP contribution in [0.15, 0.2) is 47.3 Å². The number of hydrogen-bond acceptors (Lipinski definition) is 3. The summed E-state index contributed by atoms with van der Waals surface area (Å²) in [6, 6.07) is 9.67.